The summed E-state index contributed by atoms with van der Waals surface area (Å²) in [6, 6.07) is 1.19. The van der Waals surface area contributed by atoms with Gasteiger partial charge in [-0.15, -0.1) is 0 Å². The molecule has 0 aliphatic carbocycles. The Hall–Kier alpha value is -0.373. The molecule has 0 fully saturated rings. The van der Waals surface area contributed by atoms with Crippen molar-refractivity contribution >= 4 is 14.3 Å². The van der Waals surface area contributed by atoms with Gasteiger partial charge in [-0.3, -0.25) is 4.99 Å². The topological polar surface area (TPSA) is 12.4 Å². The van der Waals surface area contributed by atoms with Crippen LogP contribution in [0.1, 0.15) is 52.4 Å². The zero-order chi connectivity index (χ0) is 13.0. The van der Waals surface area contributed by atoms with Crippen LogP contribution in [0.3, 0.4) is 0 Å². The third kappa shape index (κ3) is 11.9. The van der Waals surface area contributed by atoms with Gasteiger partial charge in [-0.1, -0.05) is 63.9 Å². The summed E-state index contributed by atoms with van der Waals surface area (Å²) in [6.07, 6.45) is 12.5. The molecule has 100 valence electrons. The van der Waals surface area contributed by atoms with E-state index in [4.69, 9.17) is 0 Å². The predicted octanol–water partition coefficient (Wildman–Crippen LogP) is 5.24. The molecule has 0 heterocycles. The van der Waals surface area contributed by atoms with E-state index in [2.05, 4.69) is 49.9 Å². The van der Waals surface area contributed by atoms with E-state index in [1.807, 2.05) is 0 Å². The third-order valence-corrected chi connectivity index (χ3v) is 5.48. The molecule has 0 saturated heterocycles. The number of hydrogen-bond donors (Lipinski definition) is 0. The SMILES string of the molecule is CC=C[Si](C)(C)CC=NCCCCCCCC. The van der Waals surface area contributed by atoms with Gasteiger partial charge < -0.3 is 0 Å². The summed E-state index contributed by atoms with van der Waals surface area (Å²) >= 11 is 0. The monoisotopic (exact) mass is 253 g/mol. The minimum Gasteiger partial charge on any atom is -0.298 e. The van der Waals surface area contributed by atoms with Crippen molar-refractivity contribution in [2.45, 2.75) is 71.5 Å². The van der Waals surface area contributed by atoms with Gasteiger partial charge in [-0.05, 0) is 25.6 Å². The van der Waals surface area contributed by atoms with Crippen LogP contribution in [0, 0.1) is 0 Å². The second-order valence-electron chi connectivity index (χ2n) is 5.55. The lowest BCUT2D eigenvalue weighted by atomic mass is 10.1. The van der Waals surface area contributed by atoms with Crippen LogP contribution in [0.2, 0.25) is 19.1 Å². The summed E-state index contributed by atoms with van der Waals surface area (Å²) in [5.74, 6) is 0. The highest BCUT2D eigenvalue weighted by Crippen LogP contribution is 2.09. The van der Waals surface area contributed by atoms with E-state index in [0.717, 1.165) is 6.54 Å². The van der Waals surface area contributed by atoms with Crippen LogP contribution in [0.5, 0.6) is 0 Å². The quantitative estimate of drug-likeness (QED) is 0.287. The van der Waals surface area contributed by atoms with Gasteiger partial charge in [0.1, 0.15) is 0 Å². The van der Waals surface area contributed by atoms with Crippen molar-refractivity contribution in [3.63, 3.8) is 0 Å². The van der Waals surface area contributed by atoms with E-state index < -0.39 is 8.07 Å². The highest BCUT2D eigenvalue weighted by atomic mass is 28.3. The van der Waals surface area contributed by atoms with Gasteiger partial charge in [-0.2, -0.15) is 0 Å². The van der Waals surface area contributed by atoms with Gasteiger partial charge in [0, 0.05) is 6.54 Å². The van der Waals surface area contributed by atoms with Gasteiger partial charge in [0.15, 0.2) is 0 Å². The van der Waals surface area contributed by atoms with E-state index in [-0.39, 0.29) is 0 Å². The average molecular weight is 254 g/mol. The van der Waals surface area contributed by atoms with Gasteiger partial charge in [0.2, 0.25) is 0 Å². The number of nitrogens with zero attached hydrogens (tertiary/aromatic N) is 1. The molecule has 1 nitrogen and oxygen atoms in total. The normalized spacial score (nSPS) is 12.9. The van der Waals surface area contributed by atoms with Crippen molar-refractivity contribution in [1.82, 2.24) is 0 Å². The highest BCUT2D eigenvalue weighted by Gasteiger charge is 2.13. The molecular weight excluding hydrogens is 222 g/mol. The fraction of sp³-hybridized carbons (Fsp3) is 0.800. The Morgan fingerprint density at radius 2 is 1.65 bits per heavy atom. The molecule has 0 atom stereocenters. The maximum atomic E-state index is 4.53. The van der Waals surface area contributed by atoms with Crippen molar-refractivity contribution in [1.29, 1.82) is 0 Å². The van der Waals surface area contributed by atoms with Gasteiger partial charge in [0.25, 0.3) is 0 Å². The molecule has 0 aliphatic heterocycles. The first kappa shape index (κ1) is 16.6. The Balaban J connectivity index is 3.42. The Kier molecular flexibility index (Phi) is 10.5. The van der Waals surface area contributed by atoms with Crippen molar-refractivity contribution in [2.24, 2.45) is 4.99 Å². The van der Waals surface area contributed by atoms with E-state index in [1.54, 1.807) is 0 Å². The lowest BCUT2D eigenvalue weighted by Gasteiger charge is -2.13. The van der Waals surface area contributed by atoms with E-state index in [9.17, 15) is 0 Å². The number of hydrogen-bond acceptors (Lipinski definition) is 1. The van der Waals surface area contributed by atoms with Gasteiger partial charge in [0.05, 0.1) is 8.07 Å². The zero-order valence-electron chi connectivity index (χ0n) is 12.3. The lowest BCUT2D eigenvalue weighted by molar-refractivity contribution is 0.612. The first-order valence-electron chi connectivity index (χ1n) is 7.24. The van der Waals surface area contributed by atoms with E-state index in [1.165, 1.54) is 44.6 Å². The Labute approximate surface area is 109 Å². The minimum atomic E-state index is -1.12. The fourth-order valence-corrected chi connectivity index (χ4v) is 3.53. The Morgan fingerprint density at radius 3 is 2.29 bits per heavy atom. The second-order valence-corrected chi connectivity index (χ2v) is 10.3. The second kappa shape index (κ2) is 10.8. The summed E-state index contributed by atoms with van der Waals surface area (Å²) in [5.41, 5.74) is 2.39. The largest absolute Gasteiger partial charge is 0.298 e. The maximum absolute atomic E-state index is 4.53. The first-order chi connectivity index (χ1) is 8.12. The van der Waals surface area contributed by atoms with Crippen LogP contribution in [0.15, 0.2) is 16.8 Å². The molecule has 0 N–H and O–H groups in total. The van der Waals surface area contributed by atoms with E-state index in [0.29, 0.717) is 0 Å². The molecule has 17 heavy (non-hydrogen) atoms. The molecule has 0 bridgehead atoms. The molecule has 0 aliphatic rings. The minimum absolute atomic E-state index is 1.03. The van der Waals surface area contributed by atoms with Crippen LogP contribution in [0.25, 0.3) is 0 Å². The Bertz CT molecular complexity index is 219. The van der Waals surface area contributed by atoms with Gasteiger partial charge in [-0.25, -0.2) is 0 Å². The van der Waals surface area contributed by atoms with Crippen LogP contribution in [0.4, 0.5) is 0 Å². The van der Waals surface area contributed by atoms with Crippen LogP contribution < -0.4 is 0 Å². The van der Waals surface area contributed by atoms with Crippen molar-refractivity contribution in [2.75, 3.05) is 6.54 Å². The molecule has 0 amide bonds. The lowest BCUT2D eigenvalue weighted by Crippen LogP contribution is -2.22. The predicted molar refractivity (Wildman–Crippen MR) is 83.8 cm³/mol. The molecule has 0 rings (SSSR count). The van der Waals surface area contributed by atoms with Crippen LogP contribution in [-0.2, 0) is 0 Å². The summed E-state index contributed by atoms with van der Waals surface area (Å²) < 4.78 is 0. The van der Waals surface area contributed by atoms with E-state index >= 15 is 0 Å². The third-order valence-electron chi connectivity index (χ3n) is 3.01. The summed E-state index contributed by atoms with van der Waals surface area (Å²) in [7, 11) is -1.12. The summed E-state index contributed by atoms with van der Waals surface area (Å²) in [4.78, 5) is 4.53. The molecule has 0 spiro atoms. The van der Waals surface area contributed by atoms with Crippen molar-refractivity contribution in [3.05, 3.63) is 11.8 Å². The molecule has 0 aromatic heterocycles. The molecule has 0 saturated carbocycles. The number of allylic oxidation sites excluding steroid dienone is 1. The van der Waals surface area contributed by atoms with Crippen LogP contribution >= 0.6 is 0 Å². The average Bonchev–Trinajstić information content (AvgIpc) is 2.27. The molecule has 0 unspecified atom stereocenters. The Morgan fingerprint density at radius 1 is 1.00 bits per heavy atom. The smallest absolute Gasteiger partial charge is 0.0765 e. The standard InChI is InChI=1S/C15H31NSi/c1-5-7-8-9-10-11-12-16-13-15-17(3,4)14-6-2/h6,13-14H,5,7-12,15H2,1-4H3. The van der Waals surface area contributed by atoms with Crippen LogP contribution in [-0.4, -0.2) is 20.8 Å². The number of unbranched alkanes of at least 4 members (excludes halogenated alkanes) is 5. The molecule has 0 aromatic carbocycles. The fourth-order valence-electron chi connectivity index (χ4n) is 1.89. The molecule has 0 aromatic rings. The molecule has 2 heteroatoms. The maximum Gasteiger partial charge on any atom is 0.0765 e. The number of rotatable bonds is 10. The number of aliphatic imine (C=N–C) groups is 1. The summed E-state index contributed by atoms with van der Waals surface area (Å²) in [5, 5.41) is 0. The highest BCUT2D eigenvalue weighted by molar-refractivity contribution is 6.84. The van der Waals surface area contributed by atoms with Crippen molar-refractivity contribution in [3.8, 4) is 0 Å². The van der Waals surface area contributed by atoms with Gasteiger partial charge >= 0.3 is 0 Å². The summed E-state index contributed by atoms with van der Waals surface area (Å²) in [6.45, 7) is 10.2. The molecular formula is C15H31NSi. The zero-order valence-corrected chi connectivity index (χ0v) is 13.3. The van der Waals surface area contributed by atoms with Crippen molar-refractivity contribution < 1.29 is 0 Å². The molecule has 0 radical (unpaired) electrons. The first-order valence-corrected chi connectivity index (χ1v) is 10.5.